The molecule has 0 atom stereocenters. The maximum atomic E-state index is 11.6. The van der Waals surface area contributed by atoms with Crippen LogP contribution in [0.5, 0.6) is 5.75 Å². The van der Waals surface area contributed by atoms with Gasteiger partial charge in [0, 0.05) is 30.9 Å². The lowest BCUT2D eigenvalue weighted by atomic mass is 9.83. The highest BCUT2D eigenvalue weighted by Crippen LogP contribution is 2.39. The lowest BCUT2D eigenvalue weighted by molar-refractivity contribution is -0.178. The Labute approximate surface area is 272 Å². The van der Waals surface area contributed by atoms with Crippen LogP contribution in [0.25, 0.3) is 11.3 Å². The van der Waals surface area contributed by atoms with Gasteiger partial charge in [-0.1, -0.05) is 36.4 Å². The van der Waals surface area contributed by atoms with Gasteiger partial charge in [-0.05, 0) is 101 Å². The Morgan fingerprint density at radius 1 is 1.11 bits per heavy atom. The van der Waals surface area contributed by atoms with E-state index in [-0.39, 0.29) is 29.3 Å². The number of para-hydroxylation sites is 1. The van der Waals surface area contributed by atoms with Crippen LogP contribution in [0.15, 0.2) is 66.1 Å². The Bertz CT molecular complexity index is 1610. The third kappa shape index (κ3) is 7.77. The van der Waals surface area contributed by atoms with E-state index in [0.717, 1.165) is 61.0 Å². The van der Waals surface area contributed by atoms with Crippen molar-refractivity contribution < 1.29 is 24.1 Å². The zero-order valence-electron chi connectivity index (χ0n) is 27.8. The van der Waals surface area contributed by atoms with E-state index >= 15 is 0 Å². The number of nitrogens with zero attached hydrogens (tertiary/aromatic N) is 2. The number of pyridine rings is 1. The molecular weight excluding hydrogens is 580 g/mol. The molecule has 0 amide bonds. The summed E-state index contributed by atoms with van der Waals surface area (Å²) in [5.41, 5.74) is 5.84. The van der Waals surface area contributed by atoms with E-state index in [2.05, 4.69) is 56.1 Å². The normalized spacial score (nSPS) is 18.2. The van der Waals surface area contributed by atoms with Crippen LogP contribution in [0, 0.1) is 12.3 Å². The lowest BCUT2D eigenvalue weighted by Gasteiger charge is -2.49. The number of carbonyl (C=O) groups is 1. The molecule has 244 valence electrons. The Kier molecular flexibility index (Phi) is 9.84. The van der Waals surface area contributed by atoms with E-state index in [0.29, 0.717) is 24.2 Å². The van der Waals surface area contributed by atoms with Gasteiger partial charge in [0.15, 0.2) is 0 Å². The topological polar surface area (TPSA) is 117 Å². The molecule has 46 heavy (non-hydrogen) atoms. The first-order valence-electron chi connectivity index (χ1n) is 16.0. The molecule has 5 rings (SSSR count). The smallest absolute Gasteiger partial charge is 0.342 e. The fourth-order valence-corrected chi connectivity index (χ4v) is 6.85. The number of aromatic nitrogens is 1. The fourth-order valence-electron chi connectivity index (χ4n) is 6.85. The molecule has 0 radical (unpaired) electrons. The Morgan fingerprint density at radius 3 is 2.54 bits per heavy atom. The second-order valence-corrected chi connectivity index (χ2v) is 13.4. The zero-order chi connectivity index (χ0) is 33.1. The van der Waals surface area contributed by atoms with Gasteiger partial charge in [0.25, 0.3) is 0 Å². The number of ether oxygens (including phenoxy) is 3. The summed E-state index contributed by atoms with van der Waals surface area (Å²) in [6.07, 6.45) is 3.85. The van der Waals surface area contributed by atoms with Gasteiger partial charge in [0.05, 0.1) is 23.5 Å². The Morgan fingerprint density at radius 2 is 1.85 bits per heavy atom. The first-order valence-corrected chi connectivity index (χ1v) is 16.0. The first kappa shape index (κ1) is 33.2. The van der Waals surface area contributed by atoms with Crippen molar-refractivity contribution in [1.82, 2.24) is 9.88 Å². The minimum atomic E-state index is -1.26. The molecule has 0 bridgehead atoms. The summed E-state index contributed by atoms with van der Waals surface area (Å²) >= 11 is 0. The van der Waals surface area contributed by atoms with Gasteiger partial charge >= 0.3 is 5.97 Å². The van der Waals surface area contributed by atoms with Crippen molar-refractivity contribution in [2.45, 2.75) is 91.2 Å². The maximum Gasteiger partial charge on any atom is 0.342 e. The number of benzene rings is 2. The number of aryl methyl sites for hydroxylation is 1. The molecule has 0 unspecified atom stereocenters. The summed E-state index contributed by atoms with van der Waals surface area (Å²) in [6.45, 7) is 15.3. The van der Waals surface area contributed by atoms with E-state index in [1.807, 2.05) is 37.3 Å². The number of hydrogen-bond donors (Lipinski definition) is 3. The summed E-state index contributed by atoms with van der Waals surface area (Å²) < 4.78 is 18.3. The highest BCUT2D eigenvalue weighted by molar-refractivity contribution is 6.08. The number of aliphatic carboxylic acids is 1. The Balaban J connectivity index is 1.31. The van der Waals surface area contributed by atoms with Gasteiger partial charge in [-0.15, -0.1) is 0 Å². The molecule has 1 fully saturated rings. The fraction of sp³-hybridized carbons (Fsp3) is 0.432. The Hall–Kier alpha value is -4.21. The van der Waals surface area contributed by atoms with Crippen molar-refractivity contribution in [3.8, 4) is 17.0 Å². The van der Waals surface area contributed by atoms with Crippen molar-refractivity contribution in [1.29, 1.82) is 5.41 Å². The highest BCUT2D eigenvalue weighted by Gasteiger charge is 2.41. The molecule has 1 saturated heterocycles. The van der Waals surface area contributed by atoms with Crippen LogP contribution in [0.1, 0.15) is 69.7 Å². The lowest BCUT2D eigenvalue weighted by Crippen LogP contribution is -2.53. The van der Waals surface area contributed by atoms with E-state index in [9.17, 15) is 9.90 Å². The second kappa shape index (κ2) is 13.6. The number of rotatable bonds is 11. The summed E-state index contributed by atoms with van der Waals surface area (Å²) in [5, 5.41) is 19.9. The van der Waals surface area contributed by atoms with Gasteiger partial charge in [0.1, 0.15) is 23.7 Å². The van der Waals surface area contributed by atoms with Crippen LogP contribution in [0.3, 0.4) is 0 Å². The summed E-state index contributed by atoms with van der Waals surface area (Å²) in [5.74, 6) is -0.160. The molecule has 9 nitrogen and oxygen atoms in total. The van der Waals surface area contributed by atoms with Crippen LogP contribution in [0.4, 0.5) is 5.82 Å². The molecule has 2 aromatic carbocycles. The molecule has 2 aliphatic heterocycles. The van der Waals surface area contributed by atoms with Gasteiger partial charge in [0.2, 0.25) is 5.88 Å². The number of hydrogen-bond acceptors (Lipinski definition) is 8. The first-order chi connectivity index (χ1) is 21.9. The highest BCUT2D eigenvalue weighted by atomic mass is 16.5. The number of carboxylic acid groups (broad SMARTS) is 1. The molecule has 3 aromatic rings. The van der Waals surface area contributed by atoms with Crippen molar-refractivity contribution in [3.63, 3.8) is 0 Å². The molecule has 3 heterocycles. The summed E-state index contributed by atoms with van der Waals surface area (Å²) in [6, 6.07) is 18.6. The molecular formula is C37H46N4O5. The zero-order valence-corrected chi connectivity index (χ0v) is 27.8. The number of nitrogens with one attached hydrogen (secondary N) is 2. The van der Waals surface area contributed by atoms with Crippen LogP contribution in [0.2, 0.25) is 0 Å². The van der Waals surface area contributed by atoms with E-state index in [1.165, 1.54) is 11.1 Å². The molecule has 1 aromatic heterocycles. The molecule has 0 saturated carbocycles. The van der Waals surface area contributed by atoms with Crippen molar-refractivity contribution in [2.75, 3.05) is 18.5 Å². The molecule has 9 heteroatoms. The van der Waals surface area contributed by atoms with E-state index in [1.54, 1.807) is 13.0 Å². The van der Waals surface area contributed by atoms with Crippen LogP contribution >= 0.6 is 0 Å². The standard InChI is InChI=1S/C37H46N4O5/c1-7-44-34(30(21-38)35(42)43)40-32-13-9-12-31(39-32)29-11-8-10-24(2)33(29)45-23-25-14-15-27-22-41(17-16-26(27)18-25)28-19-36(3,4)46-37(5,6)20-28/h8-15,18,21,28,38H,7,16-17,19-20,22-23H2,1-6H3,(H,39,40)(H,42,43)/b34-30-,38-21?. The summed E-state index contributed by atoms with van der Waals surface area (Å²) in [4.78, 5) is 19.0. The monoisotopic (exact) mass is 626 g/mol. The third-order valence-corrected chi connectivity index (χ3v) is 8.61. The van der Waals surface area contributed by atoms with Crippen LogP contribution in [-0.4, -0.2) is 57.6 Å². The quantitative estimate of drug-likeness (QED) is 0.117. The maximum absolute atomic E-state index is 11.6. The molecule has 3 N–H and O–H groups in total. The van der Waals surface area contributed by atoms with Crippen molar-refractivity contribution >= 4 is 18.0 Å². The average molecular weight is 627 g/mol. The van der Waals surface area contributed by atoms with Crippen molar-refractivity contribution in [3.05, 3.63) is 88.3 Å². The predicted octanol–water partition coefficient (Wildman–Crippen LogP) is 7.12. The second-order valence-electron chi connectivity index (χ2n) is 13.4. The molecule has 0 spiro atoms. The largest absolute Gasteiger partial charge is 0.488 e. The predicted molar refractivity (Wildman–Crippen MR) is 180 cm³/mol. The number of fused-ring (bicyclic) bond motifs is 1. The van der Waals surface area contributed by atoms with Gasteiger partial charge in [-0.2, -0.15) is 0 Å². The third-order valence-electron chi connectivity index (χ3n) is 8.61. The molecule has 0 aliphatic carbocycles. The molecule has 2 aliphatic rings. The number of carboxylic acids is 1. The number of anilines is 1. The van der Waals surface area contributed by atoms with Crippen molar-refractivity contribution in [2.24, 2.45) is 0 Å². The minimum absolute atomic E-state index is 0.0358. The summed E-state index contributed by atoms with van der Waals surface area (Å²) in [7, 11) is 0. The van der Waals surface area contributed by atoms with E-state index in [4.69, 9.17) is 24.6 Å². The van der Waals surface area contributed by atoms with E-state index < -0.39 is 5.97 Å². The van der Waals surface area contributed by atoms with Gasteiger partial charge in [-0.25, -0.2) is 9.78 Å². The van der Waals surface area contributed by atoms with Crippen LogP contribution < -0.4 is 10.1 Å². The van der Waals surface area contributed by atoms with Crippen LogP contribution in [-0.2, 0) is 33.8 Å². The average Bonchev–Trinajstić information content (AvgIpc) is 2.99. The SMILES string of the molecule is CCO/C(Nc1cccc(-c2cccc(C)c2OCc2ccc3c(c2)CCN(C2CC(C)(C)OC(C)(C)C2)C3)n1)=C(/C=N)C(=O)O. The minimum Gasteiger partial charge on any atom is -0.488 e. The van der Waals surface area contributed by atoms with Gasteiger partial charge < -0.3 is 30.0 Å². The van der Waals surface area contributed by atoms with Gasteiger partial charge in [-0.3, -0.25) is 4.90 Å².